The molecule has 0 saturated carbocycles. The molecule has 6 heteroatoms. The van der Waals surface area contributed by atoms with Gasteiger partial charge < -0.3 is 24.3 Å². The number of hydrogen-bond acceptors (Lipinski definition) is 5. The molecule has 2 aromatic rings. The number of ether oxygens (including phenoxy) is 4. The molecular weight excluding hydrogens is 322 g/mol. The van der Waals surface area contributed by atoms with Gasteiger partial charge in [0.2, 0.25) is 5.91 Å². The van der Waals surface area contributed by atoms with Crippen molar-refractivity contribution in [3.05, 3.63) is 47.5 Å². The van der Waals surface area contributed by atoms with Crippen LogP contribution in [0, 0.1) is 0 Å². The molecule has 0 heterocycles. The molecule has 0 bridgehead atoms. The van der Waals surface area contributed by atoms with Crippen molar-refractivity contribution in [2.75, 3.05) is 28.4 Å². The second kappa shape index (κ2) is 8.82. The summed E-state index contributed by atoms with van der Waals surface area (Å²) in [6.07, 6.45) is 0.234. The third-order valence-corrected chi connectivity index (χ3v) is 3.80. The number of hydrogen-bond donors (Lipinski definition) is 1. The number of carbonyl (C=O) groups is 1. The minimum atomic E-state index is -0.111. The summed E-state index contributed by atoms with van der Waals surface area (Å²) in [5, 5.41) is 2.89. The van der Waals surface area contributed by atoms with E-state index in [0.29, 0.717) is 29.5 Å². The van der Waals surface area contributed by atoms with Gasteiger partial charge in [-0.05, 0) is 29.8 Å². The summed E-state index contributed by atoms with van der Waals surface area (Å²) < 4.78 is 21.1. The first-order chi connectivity index (χ1) is 12.1. The lowest BCUT2D eigenvalue weighted by molar-refractivity contribution is -0.120. The highest BCUT2D eigenvalue weighted by atomic mass is 16.5. The molecule has 0 unspecified atom stereocenters. The van der Waals surface area contributed by atoms with E-state index in [4.69, 9.17) is 18.9 Å². The zero-order valence-electron chi connectivity index (χ0n) is 14.9. The first kappa shape index (κ1) is 18.4. The largest absolute Gasteiger partial charge is 0.496 e. The summed E-state index contributed by atoms with van der Waals surface area (Å²) >= 11 is 0. The van der Waals surface area contributed by atoms with Gasteiger partial charge in [0.15, 0.2) is 11.5 Å². The maximum atomic E-state index is 12.3. The smallest absolute Gasteiger partial charge is 0.224 e. The van der Waals surface area contributed by atoms with Crippen molar-refractivity contribution < 1.29 is 23.7 Å². The molecule has 0 aromatic heterocycles. The van der Waals surface area contributed by atoms with E-state index < -0.39 is 0 Å². The summed E-state index contributed by atoms with van der Waals surface area (Å²) in [6.45, 7) is 0.319. The molecule has 2 aromatic carbocycles. The lowest BCUT2D eigenvalue weighted by atomic mass is 10.1. The van der Waals surface area contributed by atoms with Crippen LogP contribution in [0.4, 0.5) is 0 Å². The van der Waals surface area contributed by atoms with Gasteiger partial charge >= 0.3 is 0 Å². The topological polar surface area (TPSA) is 66.0 Å². The fourth-order valence-electron chi connectivity index (χ4n) is 2.53. The zero-order chi connectivity index (χ0) is 18.2. The van der Waals surface area contributed by atoms with Crippen molar-refractivity contribution in [1.82, 2.24) is 5.32 Å². The number of benzene rings is 2. The Balaban J connectivity index is 2.04. The number of methoxy groups -OCH3 is 4. The first-order valence-corrected chi connectivity index (χ1v) is 7.80. The highest BCUT2D eigenvalue weighted by Crippen LogP contribution is 2.29. The zero-order valence-corrected chi connectivity index (χ0v) is 14.9. The summed E-state index contributed by atoms with van der Waals surface area (Å²) in [5.41, 5.74) is 1.63. The Morgan fingerprint density at radius 3 is 2.00 bits per heavy atom. The van der Waals surface area contributed by atoms with Crippen molar-refractivity contribution in [1.29, 1.82) is 0 Å². The molecule has 0 fully saturated rings. The number of carbonyl (C=O) groups excluding carboxylic acids is 1. The van der Waals surface area contributed by atoms with Crippen LogP contribution in [-0.4, -0.2) is 34.3 Å². The van der Waals surface area contributed by atoms with Gasteiger partial charge in [0.05, 0.1) is 47.0 Å². The van der Waals surface area contributed by atoms with E-state index in [1.807, 2.05) is 24.3 Å². The van der Waals surface area contributed by atoms with Crippen molar-refractivity contribution in [3.8, 4) is 23.0 Å². The van der Waals surface area contributed by atoms with E-state index in [0.717, 1.165) is 11.1 Å². The van der Waals surface area contributed by atoms with Crippen LogP contribution in [0.3, 0.4) is 0 Å². The highest BCUT2D eigenvalue weighted by Gasteiger charge is 2.12. The Labute approximate surface area is 147 Å². The minimum absolute atomic E-state index is 0.111. The van der Waals surface area contributed by atoms with E-state index in [2.05, 4.69) is 5.32 Å². The second-order valence-electron chi connectivity index (χ2n) is 5.28. The molecule has 25 heavy (non-hydrogen) atoms. The molecule has 6 nitrogen and oxygen atoms in total. The van der Waals surface area contributed by atoms with Crippen LogP contribution in [0.1, 0.15) is 11.1 Å². The van der Waals surface area contributed by atoms with Gasteiger partial charge in [-0.25, -0.2) is 0 Å². The molecule has 134 valence electrons. The molecule has 0 aliphatic heterocycles. The van der Waals surface area contributed by atoms with Crippen LogP contribution in [0.2, 0.25) is 0 Å². The highest BCUT2D eigenvalue weighted by molar-refractivity contribution is 5.79. The SMILES string of the molecule is COc1ccc(CC(=O)NCc2c(OC)cccc2OC)cc1OC. The van der Waals surface area contributed by atoms with Crippen LogP contribution >= 0.6 is 0 Å². The van der Waals surface area contributed by atoms with Crippen molar-refractivity contribution in [2.24, 2.45) is 0 Å². The molecular formula is C19H23NO5. The van der Waals surface area contributed by atoms with Gasteiger partial charge in [-0.1, -0.05) is 12.1 Å². The van der Waals surface area contributed by atoms with E-state index >= 15 is 0 Å². The van der Waals surface area contributed by atoms with Gasteiger partial charge in [0, 0.05) is 0 Å². The van der Waals surface area contributed by atoms with Crippen molar-refractivity contribution >= 4 is 5.91 Å². The van der Waals surface area contributed by atoms with Crippen LogP contribution in [-0.2, 0) is 17.8 Å². The number of amides is 1. The molecule has 1 amide bonds. The average molecular weight is 345 g/mol. The van der Waals surface area contributed by atoms with Gasteiger partial charge in [-0.2, -0.15) is 0 Å². The molecule has 0 aliphatic rings. The molecule has 0 atom stereocenters. The normalized spacial score (nSPS) is 10.1. The molecule has 0 spiro atoms. The van der Waals surface area contributed by atoms with E-state index in [9.17, 15) is 4.79 Å². The van der Waals surface area contributed by atoms with Gasteiger partial charge in [-0.3, -0.25) is 4.79 Å². The Hall–Kier alpha value is -2.89. The van der Waals surface area contributed by atoms with Gasteiger partial charge in [0.1, 0.15) is 11.5 Å². The first-order valence-electron chi connectivity index (χ1n) is 7.80. The fourth-order valence-corrected chi connectivity index (χ4v) is 2.53. The van der Waals surface area contributed by atoms with E-state index in [1.165, 1.54) is 0 Å². The maximum absolute atomic E-state index is 12.3. The third-order valence-electron chi connectivity index (χ3n) is 3.80. The third kappa shape index (κ3) is 4.56. The molecule has 0 saturated heterocycles. The van der Waals surface area contributed by atoms with E-state index in [1.54, 1.807) is 40.6 Å². The van der Waals surface area contributed by atoms with Crippen LogP contribution in [0.15, 0.2) is 36.4 Å². The minimum Gasteiger partial charge on any atom is -0.496 e. The van der Waals surface area contributed by atoms with Gasteiger partial charge in [-0.15, -0.1) is 0 Å². The monoisotopic (exact) mass is 345 g/mol. The molecule has 2 rings (SSSR count). The van der Waals surface area contributed by atoms with Gasteiger partial charge in [0.25, 0.3) is 0 Å². The van der Waals surface area contributed by atoms with Crippen LogP contribution < -0.4 is 24.3 Å². The predicted octanol–water partition coefficient (Wildman–Crippen LogP) is 2.58. The Morgan fingerprint density at radius 2 is 1.44 bits per heavy atom. The average Bonchev–Trinajstić information content (AvgIpc) is 2.65. The summed E-state index contributed by atoms with van der Waals surface area (Å²) in [7, 11) is 6.31. The predicted molar refractivity (Wildman–Crippen MR) is 94.6 cm³/mol. The van der Waals surface area contributed by atoms with Crippen LogP contribution in [0.5, 0.6) is 23.0 Å². The van der Waals surface area contributed by atoms with Crippen LogP contribution in [0.25, 0.3) is 0 Å². The quantitative estimate of drug-likeness (QED) is 0.797. The van der Waals surface area contributed by atoms with E-state index in [-0.39, 0.29) is 12.3 Å². The molecule has 0 aliphatic carbocycles. The summed E-state index contributed by atoms with van der Waals surface area (Å²) in [6, 6.07) is 10.9. The number of rotatable bonds is 8. The van der Waals surface area contributed by atoms with Crippen molar-refractivity contribution in [2.45, 2.75) is 13.0 Å². The lowest BCUT2D eigenvalue weighted by Gasteiger charge is -2.14. The fraction of sp³-hybridized carbons (Fsp3) is 0.316. The Morgan fingerprint density at radius 1 is 0.840 bits per heavy atom. The Kier molecular flexibility index (Phi) is 6.51. The van der Waals surface area contributed by atoms with Crippen molar-refractivity contribution in [3.63, 3.8) is 0 Å². The molecule has 0 radical (unpaired) electrons. The number of nitrogens with one attached hydrogen (secondary N) is 1. The standard InChI is InChI=1S/C19H23NO5/c1-22-15-6-5-7-16(23-2)14(15)12-20-19(21)11-13-8-9-17(24-3)18(10-13)25-4/h5-10H,11-12H2,1-4H3,(H,20,21). The lowest BCUT2D eigenvalue weighted by Crippen LogP contribution is -2.25. The summed E-state index contributed by atoms with van der Waals surface area (Å²) in [4.78, 5) is 12.3. The Bertz CT molecular complexity index is 707. The summed E-state index contributed by atoms with van der Waals surface area (Å²) in [5.74, 6) is 2.46. The molecule has 1 N–H and O–H groups in total. The second-order valence-corrected chi connectivity index (χ2v) is 5.28. The maximum Gasteiger partial charge on any atom is 0.224 e.